The number of aromatic nitrogens is 2. The summed E-state index contributed by atoms with van der Waals surface area (Å²) >= 11 is 1.31. The summed E-state index contributed by atoms with van der Waals surface area (Å²) in [5.41, 5.74) is 0.129. The second-order valence-electron chi connectivity index (χ2n) is 5.12. The van der Waals surface area contributed by atoms with Crippen LogP contribution in [0.25, 0.3) is 15.4 Å². The molecule has 1 N–H and O–H groups in total. The van der Waals surface area contributed by atoms with Crippen LogP contribution in [0.15, 0.2) is 48.9 Å². The van der Waals surface area contributed by atoms with Gasteiger partial charge in [-0.3, -0.25) is 4.98 Å². The molecule has 23 heavy (non-hydrogen) atoms. The number of nitrogens with zero attached hydrogens (tertiary/aromatic N) is 3. The van der Waals surface area contributed by atoms with Crippen molar-refractivity contribution in [2.75, 3.05) is 0 Å². The Morgan fingerprint density at radius 2 is 2.00 bits per heavy atom. The molecule has 114 valence electrons. The Balaban J connectivity index is 2.00. The molecule has 1 aromatic carbocycles. The topological polar surface area (TPSA) is 50.4 Å². The second-order valence-corrected chi connectivity index (χ2v) is 6.15. The van der Waals surface area contributed by atoms with E-state index < -0.39 is 11.4 Å². The molecule has 3 rings (SSSR count). The molecule has 0 saturated carbocycles. The molecule has 6 heteroatoms. The van der Waals surface area contributed by atoms with Gasteiger partial charge in [-0.2, -0.15) is 0 Å². The highest BCUT2D eigenvalue weighted by molar-refractivity contribution is 7.15. The molecule has 0 saturated heterocycles. The number of hydrogen-bond acceptors (Lipinski definition) is 4. The number of pyridine rings is 1. The van der Waals surface area contributed by atoms with Crippen LogP contribution in [-0.2, 0) is 5.60 Å². The van der Waals surface area contributed by atoms with Gasteiger partial charge in [-0.05, 0) is 36.8 Å². The maximum Gasteiger partial charge on any atom is 0.222 e. The highest BCUT2D eigenvalue weighted by Crippen LogP contribution is 2.37. The van der Waals surface area contributed by atoms with Gasteiger partial charge in [0.05, 0.1) is 11.4 Å². The van der Waals surface area contributed by atoms with Crippen molar-refractivity contribution in [3.8, 4) is 10.6 Å². The lowest BCUT2D eigenvalue weighted by Crippen LogP contribution is -2.21. The third kappa shape index (κ3) is 2.84. The lowest BCUT2D eigenvalue weighted by molar-refractivity contribution is 0.106. The van der Waals surface area contributed by atoms with Gasteiger partial charge in [0.2, 0.25) is 5.69 Å². The van der Waals surface area contributed by atoms with E-state index in [1.54, 1.807) is 43.7 Å². The minimum atomic E-state index is -1.19. The minimum absolute atomic E-state index is 0.0415. The molecule has 0 aliphatic rings. The predicted octanol–water partition coefficient (Wildman–Crippen LogP) is 4.15. The average Bonchev–Trinajstić information content (AvgIpc) is 3.07. The molecular formula is C17H12FN3OS. The van der Waals surface area contributed by atoms with Gasteiger partial charge in [0.1, 0.15) is 16.4 Å². The van der Waals surface area contributed by atoms with Crippen molar-refractivity contribution in [3.05, 3.63) is 76.6 Å². The Hall–Kier alpha value is -2.62. The zero-order valence-electron chi connectivity index (χ0n) is 12.2. The van der Waals surface area contributed by atoms with Gasteiger partial charge in [0.25, 0.3) is 0 Å². The van der Waals surface area contributed by atoms with E-state index in [-0.39, 0.29) is 5.69 Å². The fourth-order valence-corrected chi connectivity index (χ4v) is 3.16. The summed E-state index contributed by atoms with van der Waals surface area (Å²) < 4.78 is 13.4. The molecule has 0 fully saturated rings. The number of benzene rings is 1. The van der Waals surface area contributed by atoms with Crippen LogP contribution in [-0.4, -0.2) is 15.1 Å². The number of rotatable bonds is 3. The van der Waals surface area contributed by atoms with Gasteiger partial charge in [0, 0.05) is 24.2 Å². The predicted molar refractivity (Wildman–Crippen MR) is 86.7 cm³/mol. The van der Waals surface area contributed by atoms with Crippen molar-refractivity contribution < 1.29 is 9.50 Å². The van der Waals surface area contributed by atoms with Gasteiger partial charge in [-0.15, -0.1) is 11.3 Å². The lowest BCUT2D eigenvalue weighted by Gasteiger charge is -2.21. The van der Waals surface area contributed by atoms with Crippen LogP contribution in [0, 0.1) is 12.4 Å². The number of thiazole rings is 1. The summed E-state index contributed by atoms with van der Waals surface area (Å²) in [6, 6.07) is 7.79. The molecule has 0 spiro atoms. The van der Waals surface area contributed by atoms with Gasteiger partial charge in [-0.25, -0.2) is 14.2 Å². The second kappa shape index (κ2) is 5.88. The third-order valence-electron chi connectivity index (χ3n) is 3.54. The quantitative estimate of drug-likeness (QED) is 0.736. The summed E-state index contributed by atoms with van der Waals surface area (Å²) in [4.78, 5) is 12.1. The van der Waals surface area contributed by atoms with Crippen LogP contribution in [0.1, 0.15) is 17.4 Å². The van der Waals surface area contributed by atoms with Crippen molar-refractivity contribution in [2.45, 2.75) is 12.5 Å². The van der Waals surface area contributed by atoms with Crippen molar-refractivity contribution in [1.82, 2.24) is 9.97 Å². The first-order chi connectivity index (χ1) is 11.0. The molecule has 0 radical (unpaired) electrons. The summed E-state index contributed by atoms with van der Waals surface area (Å²) in [6.45, 7) is 8.67. The first-order valence-electron chi connectivity index (χ1n) is 6.79. The Bertz CT molecular complexity index is 884. The van der Waals surface area contributed by atoms with E-state index in [1.807, 2.05) is 0 Å². The van der Waals surface area contributed by atoms with E-state index in [9.17, 15) is 9.50 Å². The summed E-state index contributed by atoms with van der Waals surface area (Å²) in [7, 11) is 0. The smallest absolute Gasteiger partial charge is 0.222 e. The summed E-state index contributed by atoms with van der Waals surface area (Å²) in [5, 5.41) is 11.4. The maximum absolute atomic E-state index is 13.4. The first-order valence-corrected chi connectivity index (χ1v) is 7.60. The Morgan fingerprint density at radius 1 is 1.26 bits per heavy atom. The molecule has 1 atom stereocenters. The van der Waals surface area contributed by atoms with Gasteiger partial charge in [0.15, 0.2) is 0 Å². The molecule has 0 amide bonds. The number of halogens is 1. The van der Waals surface area contributed by atoms with Crippen LogP contribution >= 0.6 is 11.3 Å². The fourth-order valence-electron chi connectivity index (χ4n) is 2.18. The van der Waals surface area contributed by atoms with Crippen molar-refractivity contribution >= 4 is 17.0 Å². The molecule has 0 aliphatic carbocycles. The van der Waals surface area contributed by atoms with Crippen molar-refractivity contribution in [3.63, 3.8) is 0 Å². The molecule has 3 aromatic rings. The van der Waals surface area contributed by atoms with E-state index in [2.05, 4.69) is 14.8 Å². The van der Waals surface area contributed by atoms with Crippen LogP contribution < -0.4 is 0 Å². The molecule has 2 heterocycles. The number of hydrogen-bond donors (Lipinski definition) is 1. The van der Waals surface area contributed by atoms with E-state index in [0.717, 1.165) is 0 Å². The van der Waals surface area contributed by atoms with Gasteiger partial charge in [-0.1, -0.05) is 6.07 Å². The maximum atomic E-state index is 13.4. The summed E-state index contributed by atoms with van der Waals surface area (Å²) in [5.74, 6) is -0.552. The first kappa shape index (κ1) is 15.3. The Kier molecular flexibility index (Phi) is 3.90. The average molecular weight is 325 g/mol. The molecule has 4 nitrogen and oxygen atoms in total. The van der Waals surface area contributed by atoms with Crippen LogP contribution in [0.5, 0.6) is 0 Å². The highest BCUT2D eigenvalue weighted by atomic mass is 32.1. The largest absolute Gasteiger partial charge is 0.380 e. The minimum Gasteiger partial charge on any atom is -0.380 e. The zero-order chi connectivity index (χ0) is 16.4. The van der Waals surface area contributed by atoms with Crippen molar-refractivity contribution in [2.24, 2.45) is 0 Å². The van der Waals surface area contributed by atoms with Gasteiger partial charge < -0.3 is 5.11 Å². The van der Waals surface area contributed by atoms with Crippen LogP contribution in [0.4, 0.5) is 10.1 Å². The third-order valence-corrected chi connectivity index (χ3v) is 4.80. The lowest BCUT2D eigenvalue weighted by atomic mass is 9.96. The molecule has 2 aromatic heterocycles. The monoisotopic (exact) mass is 325 g/mol. The van der Waals surface area contributed by atoms with E-state index in [1.165, 1.54) is 23.5 Å². The molecule has 1 unspecified atom stereocenters. The van der Waals surface area contributed by atoms with E-state index >= 15 is 0 Å². The summed E-state index contributed by atoms with van der Waals surface area (Å²) in [6.07, 6.45) is 4.84. The van der Waals surface area contributed by atoms with Crippen LogP contribution in [0.3, 0.4) is 0 Å². The normalized spacial score (nSPS) is 13.3. The Labute approximate surface area is 136 Å². The van der Waals surface area contributed by atoms with E-state index in [4.69, 9.17) is 6.57 Å². The molecule has 0 aliphatic heterocycles. The van der Waals surface area contributed by atoms with Crippen LogP contribution in [0.2, 0.25) is 0 Å². The van der Waals surface area contributed by atoms with Gasteiger partial charge >= 0.3 is 0 Å². The van der Waals surface area contributed by atoms with Crippen molar-refractivity contribution in [1.29, 1.82) is 0 Å². The zero-order valence-corrected chi connectivity index (χ0v) is 13.0. The highest BCUT2D eigenvalue weighted by Gasteiger charge is 2.28. The number of aliphatic hydroxyl groups is 1. The molecule has 0 bridgehead atoms. The van der Waals surface area contributed by atoms with E-state index in [0.29, 0.717) is 21.0 Å². The SMILES string of the molecule is [C-]#[N+]c1cc(-c2ncc(C(C)(O)c3ccncc3)s2)ccc1F. The Morgan fingerprint density at radius 3 is 2.70 bits per heavy atom. The fraction of sp³-hybridized carbons (Fsp3) is 0.118. The molecular weight excluding hydrogens is 313 g/mol. The standard InChI is InChI=1S/C17H12FN3OS/c1-17(22,12-5-7-20-8-6-12)15-10-21-16(23-15)11-3-4-13(18)14(9-11)19-2/h3-10,22H,1H3.